The van der Waals surface area contributed by atoms with Crippen LogP contribution in [-0.4, -0.2) is 80.7 Å². The zero-order valence-electron chi connectivity index (χ0n) is 15.9. The van der Waals surface area contributed by atoms with Crippen molar-refractivity contribution in [1.29, 1.82) is 0 Å². The van der Waals surface area contributed by atoms with E-state index in [1.807, 2.05) is 11.0 Å². The lowest BCUT2D eigenvalue weighted by Crippen LogP contribution is -2.49. The second kappa shape index (κ2) is 8.45. The van der Waals surface area contributed by atoms with Gasteiger partial charge in [0, 0.05) is 45.7 Å². The molecule has 150 valence electrons. The Morgan fingerprint density at radius 3 is 2.52 bits per heavy atom. The Labute approximate surface area is 160 Å². The molecule has 0 atom stereocenters. The van der Waals surface area contributed by atoms with Gasteiger partial charge in [-0.15, -0.1) is 0 Å². The predicted molar refractivity (Wildman–Crippen MR) is 101 cm³/mol. The molecule has 2 aliphatic heterocycles. The molecule has 2 aliphatic rings. The van der Waals surface area contributed by atoms with Gasteiger partial charge in [-0.1, -0.05) is 13.0 Å². The molecular formula is C18H27N3O5S. The minimum Gasteiger partial charge on any atom is -0.454 e. The second-order valence-corrected chi connectivity index (χ2v) is 8.83. The zero-order valence-corrected chi connectivity index (χ0v) is 16.7. The summed E-state index contributed by atoms with van der Waals surface area (Å²) >= 11 is 0. The fourth-order valence-corrected chi connectivity index (χ4v) is 4.10. The van der Waals surface area contributed by atoms with E-state index in [4.69, 9.17) is 9.47 Å². The number of sulfonamides is 1. The number of hydrogen-bond acceptors (Lipinski definition) is 6. The number of ether oxygens (including phenoxy) is 2. The molecule has 1 amide bonds. The fourth-order valence-electron chi connectivity index (χ4n) is 3.30. The summed E-state index contributed by atoms with van der Waals surface area (Å²) in [7, 11) is -3.43. The number of hydrogen-bond donors (Lipinski definition) is 0. The van der Waals surface area contributed by atoms with Gasteiger partial charge in [0.15, 0.2) is 11.5 Å². The van der Waals surface area contributed by atoms with Gasteiger partial charge >= 0.3 is 0 Å². The largest absolute Gasteiger partial charge is 0.454 e. The Morgan fingerprint density at radius 1 is 1.15 bits per heavy atom. The van der Waals surface area contributed by atoms with Gasteiger partial charge in [0.2, 0.25) is 22.7 Å². The zero-order chi connectivity index (χ0) is 19.4. The topological polar surface area (TPSA) is 79.4 Å². The molecule has 0 unspecified atom stereocenters. The van der Waals surface area contributed by atoms with Crippen LogP contribution in [0.4, 0.5) is 0 Å². The van der Waals surface area contributed by atoms with Crippen LogP contribution in [-0.2, 0) is 21.4 Å². The highest BCUT2D eigenvalue weighted by atomic mass is 32.2. The van der Waals surface area contributed by atoms with Crippen molar-refractivity contribution in [2.24, 2.45) is 0 Å². The number of carbonyl (C=O) groups is 1. The van der Waals surface area contributed by atoms with Gasteiger partial charge in [-0.3, -0.25) is 4.79 Å². The van der Waals surface area contributed by atoms with E-state index in [0.717, 1.165) is 25.2 Å². The first-order valence-corrected chi connectivity index (χ1v) is 11.1. The van der Waals surface area contributed by atoms with Crippen LogP contribution in [0.3, 0.4) is 0 Å². The van der Waals surface area contributed by atoms with Crippen LogP contribution >= 0.6 is 0 Å². The van der Waals surface area contributed by atoms with Crippen molar-refractivity contribution in [2.45, 2.75) is 19.9 Å². The summed E-state index contributed by atoms with van der Waals surface area (Å²) in [6, 6.07) is 5.38. The number of fused-ring (bicyclic) bond motifs is 1. The van der Waals surface area contributed by atoms with E-state index < -0.39 is 10.0 Å². The maximum absolute atomic E-state index is 12.5. The van der Waals surface area contributed by atoms with Crippen molar-refractivity contribution < 1.29 is 22.7 Å². The molecule has 2 heterocycles. The van der Waals surface area contributed by atoms with Crippen molar-refractivity contribution in [1.82, 2.24) is 14.1 Å². The first kappa shape index (κ1) is 19.9. The summed E-state index contributed by atoms with van der Waals surface area (Å²) in [4.78, 5) is 16.6. The molecule has 0 bridgehead atoms. The van der Waals surface area contributed by atoms with Crippen LogP contribution in [0, 0.1) is 0 Å². The number of benzene rings is 1. The first-order chi connectivity index (χ1) is 12.9. The maximum Gasteiger partial charge on any atom is 0.231 e. The second-order valence-electron chi connectivity index (χ2n) is 6.85. The van der Waals surface area contributed by atoms with Crippen LogP contribution in [0.25, 0.3) is 0 Å². The Balaban J connectivity index is 1.58. The molecule has 1 saturated heterocycles. The van der Waals surface area contributed by atoms with Gasteiger partial charge in [-0.05, 0) is 24.2 Å². The summed E-state index contributed by atoms with van der Waals surface area (Å²) < 4.78 is 36.3. The third-order valence-corrected chi connectivity index (χ3v) is 6.26. The summed E-state index contributed by atoms with van der Waals surface area (Å²) in [6.45, 7) is 6.78. The lowest BCUT2D eigenvalue weighted by Gasteiger charge is -2.34. The van der Waals surface area contributed by atoms with E-state index >= 15 is 0 Å². The van der Waals surface area contributed by atoms with E-state index in [1.165, 1.54) is 10.6 Å². The van der Waals surface area contributed by atoms with Crippen LogP contribution in [0.5, 0.6) is 11.5 Å². The Kier molecular flexibility index (Phi) is 6.23. The third-order valence-electron chi connectivity index (χ3n) is 5.01. The Bertz CT molecular complexity index is 775. The highest BCUT2D eigenvalue weighted by Gasteiger charge is 2.24. The average molecular weight is 397 g/mol. The molecule has 1 aromatic rings. The minimum absolute atomic E-state index is 0.00471. The average Bonchev–Trinajstić information content (AvgIpc) is 3.11. The molecule has 3 rings (SSSR count). The van der Waals surface area contributed by atoms with Gasteiger partial charge in [0.1, 0.15) is 0 Å². The fraction of sp³-hybridized carbons (Fsp3) is 0.611. The summed E-state index contributed by atoms with van der Waals surface area (Å²) in [5.41, 5.74) is 0.800. The molecular weight excluding hydrogens is 370 g/mol. The predicted octanol–water partition coefficient (Wildman–Crippen LogP) is 0.731. The van der Waals surface area contributed by atoms with Crippen LogP contribution in [0.1, 0.15) is 18.9 Å². The summed E-state index contributed by atoms with van der Waals surface area (Å²) in [5, 5.41) is 0. The molecule has 0 spiro atoms. The van der Waals surface area contributed by atoms with E-state index in [0.29, 0.717) is 24.6 Å². The number of carbonyl (C=O) groups excluding carboxylic acids is 1. The van der Waals surface area contributed by atoms with Crippen LogP contribution in [0.15, 0.2) is 18.2 Å². The van der Waals surface area contributed by atoms with Crippen LogP contribution < -0.4 is 9.47 Å². The monoisotopic (exact) mass is 397 g/mol. The van der Waals surface area contributed by atoms with E-state index in [2.05, 4.69) is 11.8 Å². The highest BCUT2D eigenvalue weighted by molar-refractivity contribution is 7.88. The maximum atomic E-state index is 12.5. The quantitative estimate of drug-likeness (QED) is 0.675. The molecule has 8 nitrogen and oxygen atoms in total. The molecule has 0 aliphatic carbocycles. The molecule has 1 fully saturated rings. The van der Waals surface area contributed by atoms with Gasteiger partial charge in [0.05, 0.1) is 6.26 Å². The smallest absolute Gasteiger partial charge is 0.231 e. The molecule has 9 heteroatoms. The standard InChI is InChI=1S/C18H27N3O5S/c1-3-19-8-10-20(11-9-19)18(22)6-7-21(27(2,23)24)13-15-4-5-16-17(12-15)26-14-25-16/h4-5,12H,3,6-11,13-14H2,1-2H3. The normalized spacial score (nSPS) is 17.5. The molecule has 0 N–H and O–H groups in total. The molecule has 1 aromatic carbocycles. The Hall–Kier alpha value is -1.84. The lowest BCUT2D eigenvalue weighted by atomic mass is 10.2. The van der Waals surface area contributed by atoms with Crippen LogP contribution in [0.2, 0.25) is 0 Å². The first-order valence-electron chi connectivity index (χ1n) is 9.20. The number of rotatable bonds is 7. The number of likely N-dealkylation sites (N-methyl/N-ethyl adjacent to an activating group) is 1. The van der Waals surface area contributed by atoms with Crippen molar-refractivity contribution in [2.75, 3.05) is 52.3 Å². The molecule has 0 radical (unpaired) electrons. The SMILES string of the molecule is CCN1CCN(C(=O)CCN(Cc2ccc3c(c2)OCO3)S(C)(=O)=O)CC1. The number of amides is 1. The minimum atomic E-state index is -3.43. The number of nitrogens with zero attached hydrogens (tertiary/aromatic N) is 3. The van der Waals surface area contributed by atoms with Gasteiger partial charge in [-0.25, -0.2) is 8.42 Å². The highest BCUT2D eigenvalue weighted by Crippen LogP contribution is 2.33. The van der Waals surface area contributed by atoms with Crippen molar-refractivity contribution in [3.8, 4) is 11.5 Å². The lowest BCUT2D eigenvalue weighted by molar-refractivity contribution is -0.133. The Morgan fingerprint density at radius 2 is 1.85 bits per heavy atom. The number of piperazine rings is 1. The molecule has 0 saturated carbocycles. The third kappa shape index (κ3) is 5.12. The van der Waals surface area contributed by atoms with Crippen molar-refractivity contribution >= 4 is 15.9 Å². The van der Waals surface area contributed by atoms with Crippen molar-refractivity contribution in [3.05, 3.63) is 23.8 Å². The van der Waals surface area contributed by atoms with Crippen molar-refractivity contribution in [3.63, 3.8) is 0 Å². The van der Waals surface area contributed by atoms with E-state index in [-0.39, 0.29) is 32.2 Å². The summed E-state index contributed by atoms with van der Waals surface area (Å²) in [5.74, 6) is 1.28. The van der Waals surface area contributed by atoms with Gasteiger partial charge < -0.3 is 19.3 Å². The van der Waals surface area contributed by atoms with E-state index in [1.54, 1.807) is 12.1 Å². The summed E-state index contributed by atoms with van der Waals surface area (Å²) in [6.07, 6.45) is 1.36. The van der Waals surface area contributed by atoms with E-state index in [9.17, 15) is 13.2 Å². The molecule has 27 heavy (non-hydrogen) atoms. The molecule has 0 aromatic heterocycles. The van der Waals surface area contributed by atoms with Gasteiger partial charge in [0.25, 0.3) is 0 Å². The van der Waals surface area contributed by atoms with Gasteiger partial charge in [-0.2, -0.15) is 4.31 Å².